The fourth-order valence-corrected chi connectivity index (χ4v) is 13.4. The summed E-state index contributed by atoms with van der Waals surface area (Å²) in [5, 5.41) is 13.3. The number of aliphatic hydroxyl groups excluding tert-OH is 1. The van der Waals surface area contributed by atoms with Gasteiger partial charge < -0.3 is 52.2 Å². The zero-order valence-corrected chi connectivity index (χ0v) is 43.2. The molecule has 0 amide bonds. The summed E-state index contributed by atoms with van der Waals surface area (Å²) in [5.74, 6) is 0.722. The summed E-state index contributed by atoms with van der Waals surface area (Å²) in [7, 11) is -5.32. The van der Waals surface area contributed by atoms with Crippen LogP contribution in [0.25, 0.3) is 22.2 Å². The summed E-state index contributed by atoms with van der Waals surface area (Å²) < 4.78 is 58.0. The smallest absolute Gasteiger partial charge is 0.325 e. The van der Waals surface area contributed by atoms with Crippen LogP contribution in [0.2, 0.25) is 36.3 Å². The molecule has 64 heavy (non-hydrogen) atoms. The number of nitrogens with zero attached hydrogens (tertiary/aromatic N) is 7. The predicted octanol–water partition coefficient (Wildman–Crippen LogP) is 5.21. The Morgan fingerprint density at radius 2 is 1.45 bits per heavy atom. The number of aryl methyl sites for hydroxylation is 1. The van der Waals surface area contributed by atoms with Gasteiger partial charge in [-0.05, 0) is 78.3 Å². The van der Waals surface area contributed by atoms with Crippen molar-refractivity contribution in [1.82, 2.24) is 33.6 Å². The number of hydrogen-bond donors (Lipinski definition) is 4. The highest BCUT2D eigenvalue weighted by Crippen LogP contribution is 2.56. The first-order valence-electron chi connectivity index (χ1n) is 21.4. The molecule has 4 aromatic rings. The largest absolute Gasteiger partial charge is 0.408 e. The monoisotopic (exact) mass is 1000 g/mol. The van der Waals surface area contributed by atoms with E-state index in [1.165, 1.54) is 28.1 Å². The third-order valence-electron chi connectivity index (χ3n) is 13.4. The summed E-state index contributed by atoms with van der Waals surface area (Å²) >= 11 is 11.6. The number of ether oxygens (including phenoxy) is 2. The van der Waals surface area contributed by atoms with Gasteiger partial charge in [0.25, 0.3) is 5.56 Å². The number of hydrogen-bond acceptors (Lipinski definition) is 17. The van der Waals surface area contributed by atoms with Gasteiger partial charge in [-0.3, -0.25) is 23.0 Å². The zero-order valence-electron chi connectivity index (χ0n) is 37.7. The standard InChI is InChI=1S/C38H60N8O12P2S2Si2/c1-37(2,3)63(7,8)57-28-24-18-52-59(49,61)55-27-23(17-51-60(50,62)56-29(28)35(54-24)46-21-42-26-33(46)43-20-44(14-15-47)34(26)48)53-36(30(27)58-64(9,10)38(4,5)6)45-16-22-12-11-13-39-31-25(22)32(45)41-19-40-31/h16,19-21,23-24,27-30,35-36,47H,11-15,17-18H2,1-10H3,(H,49,61)(H,50,62)(H,39,40,41)/t23-,24-,27-,28-,29-,30-,35-,36-,59?,60?/m1/s1. The molecule has 0 radical (unpaired) electrons. The molecule has 0 spiro atoms. The molecule has 0 saturated carbocycles. The van der Waals surface area contributed by atoms with Crippen LogP contribution in [0.3, 0.4) is 0 Å². The molecule has 3 fully saturated rings. The van der Waals surface area contributed by atoms with Crippen LogP contribution < -0.4 is 10.9 Å². The molecule has 4 aliphatic heterocycles. The number of aliphatic hydroxyl groups is 1. The average Bonchev–Trinajstić information content (AvgIpc) is 3.91. The van der Waals surface area contributed by atoms with Gasteiger partial charge in [-0.15, -0.1) is 0 Å². The number of aromatic nitrogens is 7. The number of imidazole rings is 1. The second kappa shape index (κ2) is 17.5. The number of rotatable bonds is 8. The van der Waals surface area contributed by atoms with Gasteiger partial charge in [-0.1, -0.05) is 41.5 Å². The van der Waals surface area contributed by atoms with E-state index in [0.29, 0.717) is 5.65 Å². The highest BCUT2D eigenvalue weighted by atomic mass is 32.5. The number of anilines is 1. The van der Waals surface area contributed by atoms with E-state index < -0.39 is 84.7 Å². The molecule has 4 aliphatic rings. The number of fused-ring (bicyclic) bond motifs is 4. The maximum Gasteiger partial charge on any atom is 0.325 e. The van der Waals surface area contributed by atoms with E-state index in [-0.39, 0.29) is 47.6 Å². The molecule has 8 heterocycles. The minimum atomic E-state index is -4.25. The fourth-order valence-electron chi connectivity index (χ4n) is 7.94. The van der Waals surface area contributed by atoms with E-state index in [9.17, 15) is 19.7 Å². The Balaban J connectivity index is 1.20. The minimum absolute atomic E-state index is 0.0142. The molecular weight excluding hydrogens is 943 g/mol. The van der Waals surface area contributed by atoms with Crippen LogP contribution in [0.15, 0.2) is 30.0 Å². The van der Waals surface area contributed by atoms with Crippen molar-refractivity contribution in [3.8, 4) is 0 Å². The maximum atomic E-state index is 13.4. The lowest BCUT2D eigenvalue weighted by atomic mass is 10.1. The van der Waals surface area contributed by atoms with Gasteiger partial charge in [0, 0.05) is 12.7 Å². The van der Waals surface area contributed by atoms with E-state index in [4.69, 9.17) is 65.0 Å². The van der Waals surface area contributed by atoms with Crippen molar-refractivity contribution in [3.05, 3.63) is 41.1 Å². The van der Waals surface area contributed by atoms with Gasteiger partial charge in [-0.2, -0.15) is 0 Å². The Morgan fingerprint density at radius 1 is 0.828 bits per heavy atom. The molecule has 0 aliphatic carbocycles. The second-order valence-corrected chi connectivity index (χ2v) is 34.9. The van der Waals surface area contributed by atoms with Crippen molar-refractivity contribution in [1.29, 1.82) is 0 Å². The highest BCUT2D eigenvalue weighted by molar-refractivity contribution is 8.07. The third-order valence-corrected chi connectivity index (χ3v) is 25.5. The van der Waals surface area contributed by atoms with Crippen LogP contribution in [-0.2, 0) is 73.0 Å². The lowest BCUT2D eigenvalue weighted by Gasteiger charge is -2.41. The van der Waals surface area contributed by atoms with E-state index >= 15 is 0 Å². The summed E-state index contributed by atoms with van der Waals surface area (Å²) in [6.45, 7) is 12.3. The van der Waals surface area contributed by atoms with E-state index in [1.807, 2.05) is 10.8 Å². The molecule has 2 unspecified atom stereocenters. The normalized spacial score (nSPS) is 32.1. The first-order chi connectivity index (χ1) is 29.8. The van der Waals surface area contributed by atoms with Crippen LogP contribution in [0.4, 0.5) is 5.82 Å². The minimum Gasteiger partial charge on any atom is -0.408 e. The predicted molar refractivity (Wildman–Crippen MR) is 250 cm³/mol. The molecule has 26 heteroatoms. The first kappa shape index (κ1) is 48.5. The molecule has 20 nitrogen and oxygen atoms in total. The van der Waals surface area contributed by atoms with Crippen molar-refractivity contribution >= 4 is 81.7 Å². The van der Waals surface area contributed by atoms with Crippen LogP contribution in [0.5, 0.6) is 0 Å². The van der Waals surface area contributed by atoms with Gasteiger partial charge >= 0.3 is 13.4 Å². The Morgan fingerprint density at radius 3 is 2.11 bits per heavy atom. The fraction of sp³-hybridized carbons (Fsp3) is 0.711. The van der Waals surface area contributed by atoms with E-state index in [2.05, 4.69) is 88.0 Å². The third kappa shape index (κ3) is 9.30. The number of nitrogens with one attached hydrogen (secondary N) is 1. The van der Waals surface area contributed by atoms with Crippen molar-refractivity contribution in [3.63, 3.8) is 0 Å². The maximum absolute atomic E-state index is 13.4. The van der Waals surface area contributed by atoms with Crippen LogP contribution in [0, 0.1) is 0 Å². The molecular formula is C38H60N8O12P2S2Si2. The van der Waals surface area contributed by atoms with Crippen LogP contribution in [0.1, 0.15) is 66.0 Å². The molecule has 10 atom stereocenters. The van der Waals surface area contributed by atoms with Crippen molar-refractivity contribution in [2.45, 2.75) is 146 Å². The average molecular weight is 1000 g/mol. The zero-order chi connectivity index (χ0) is 46.4. The molecule has 4 aromatic heterocycles. The van der Waals surface area contributed by atoms with Gasteiger partial charge in [0.1, 0.15) is 60.7 Å². The molecule has 354 valence electrons. The van der Waals surface area contributed by atoms with Crippen molar-refractivity contribution in [2.24, 2.45) is 0 Å². The second-order valence-electron chi connectivity index (χ2n) is 19.8. The van der Waals surface area contributed by atoms with Gasteiger partial charge in [0.05, 0.1) is 38.1 Å². The van der Waals surface area contributed by atoms with Gasteiger partial charge in [0.15, 0.2) is 40.3 Å². The van der Waals surface area contributed by atoms with Crippen molar-refractivity contribution < 1.29 is 51.3 Å². The van der Waals surface area contributed by atoms with Gasteiger partial charge in [0.2, 0.25) is 0 Å². The first-order valence-corrected chi connectivity index (χ1v) is 32.4. The van der Waals surface area contributed by atoms with Gasteiger partial charge in [-0.25, -0.2) is 19.9 Å². The lowest BCUT2D eigenvalue weighted by Crippen LogP contribution is -2.50. The van der Waals surface area contributed by atoms with Crippen LogP contribution >= 0.6 is 13.4 Å². The summed E-state index contributed by atoms with van der Waals surface area (Å²) in [4.78, 5) is 55.7. The van der Waals surface area contributed by atoms with Crippen molar-refractivity contribution in [2.75, 3.05) is 31.7 Å². The quantitative estimate of drug-likeness (QED) is 0.131. The molecule has 8 rings (SSSR count). The summed E-state index contributed by atoms with van der Waals surface area (Å²) in [6.07, 6.45) is -0.366. The lowest BCUT2D eigenvalue weighted by molar-refractivity contribution is -0.0604. The molecule has 0 aromatic carbocycles. The van der Waals surface area contributed by atoms with E-state index in [0.717, 1.165) is 36.2 Å². The van der Waals surface area contributed by atoms with E-state index in [1.54, 1.807) is 0 Å². The Labute approximate surface area is 384 Å². The topological polar surface area (TPSA) is 230 Å². The summed E-state index contributed by atoms with van der Waals surface area (Å²) in [5.41, 5.74) is 1.34. The molecule has 2 bridgehead atoms. The Hall–Kier alpha value is -1.94. The molecule has 3 saturated heterocycles. The molecule has 4 N–H and O–H groups in total. The Kier molecular flexibility index (Phi) is 13.3. The summed E-state index contributed by atoms with van der Waals surface area (Å²) in [6, 6.07) is 0. The van der Waals surface area contributed by atoms with Crippen LogP contribution in [-0.4, -0.2) is 128 Å². The highest BCUT2D eigenvalue weighted by Gasteiger charge is 2.57. The Bertz CT molecular complexity index is 2550. The SMILES string of the molecule is CC(C)(C)[Si](C)(C)O[C@@H]1[C@@H]2OP(O)(=S)OC[C@H]3O[C@@H](n4cnc5c(=O)n(CCO)cnc54)[C@H](OP(O)(=S)OC[C@H]2O[C@H]1n1cc2c4c(ncnc41)NCCC2)[C@@H]3O[Si](C)(C)C(C)(C)C.